The summed E-state index contributed by atoms with van der Waals surface area (Å²) in [6.45, 7) is -0.486. The first kappa shape index (κ1) is 52.1. The number of carbonyl (C=O) groups excluding carboxylic acids is 5. The maximum Gasteiger partial charge on any atom is 0.326 e. The Kier molecular flexibility index (Phi) is 17.1. The van der Waals surface area contributed by atoms with E-state index in [1.165, 1.54) is 11.8 Å². The highest BCUT2D eigenvalue weighted by Gasteiger charge is 2.52. The van der Waals surface area contributed by atoms with Gasteiger partial charge in [-0.15, -0.1) is 23.5 Å². The number of nitrogens with one attached hydrogen (secondary N) is 4. The molecule has 0 radical (unpaired) electrons. The van der Waals surface area contributed by atoms with Crippen LogP contribution in [0.2, 0.25) is 0 Å². The Morgan fingerprint density at radius 2 is 1.01 bits per heavy atom. The Balaban J connectivity index is 0.994. The summed E-state index contributed by atoms with van der Waals surface area (Å²) in [5, 5.41) is 11.6. The molecular weight excluding hydrogens is 975 g/mol. The van der Waals surface area contributed by atoms with Crippen LogP contribution in [0.25, 0.3) is 0 Å². The number of nitrogens with zero attached hydrogens (tertiary/aromatic N) is 1. The number of benzene rings is 6. The molecule has 1 aromatic heterocycles. The van der Waals surface area contributed by atoms with Gasteiger partial charge in [-0.25, -0.2) is 0 Å². The maximum atomic E-state index is 14.8. The Morgan fingerprint density at radius 3 is 1.47 bits per heavy atom. The van der Waals surface area contributed by atoms with E-state index in [4.69, 9.17) is 4.74 Å². The van der Waals surface area contributed by atoms with Crippen LogP contribution in [0.4, 0.5) is 0 Å². The third kappa shape index (κ3) is 12.4. The molecule has 1 saturated heterocycles. The Bertz CT molecular complexity index is 2850. The summed E-state index contributed by atoms with van der Waals surface area (Å²) >= 11 is 3.27. The van der Waals surface area contributed by atoms with Crippen LogP contribution in [-0.4, -0.2) is 76.4 Å². The summed E-state index contributed by atoms with van der Waals surface area (Å²) in [7, 11) is 0. The van der Waals surface area contributed by atoms with Crippen molar-refractivity contribution in [1.29, 1.82) is 0 Å². The van der Waals surface area contributed by atoms with Crippen LogP contribution in [0.5, 0.6) is 0 Å². The average Bonchev–Trinajstić information content (AvgIpc) is 4.25. The van der Waals surface area contributed by atoms with Crippen LogP contribution in [0.3, 0.4) is 0 Å². The number of aromatic nitrogens is 1. The molecule has 1 spiro atoms. The number of carbonyl (C=O) groups is 5. The van der Waals surface area contributed by atoms with Crippen molar-refractivity contribution >= 4 is 53.1 Å². The Hall–Kier alpha value is -7.74. The highest BCUT2D eigenvalue weighted by molar-refractivity contribution is 8.00. The number of thioether (sulfide) groups is 2. The smallest absolute Gasteiger partial charge is 0.326 e. The third-order valence-electron chi connectivity index (χ3n) is 13.6. The monoisotopic (exact) mass is 1030 g/mol. The van der Waals surface area contributed by atoms with Gasteiger partial charge in [-0.3, -0.25) is 29.0 Å². The summed E-state index contributed by atoms with van der Waals surface area (Å²) in [6, 6.07) is 62.4. The van der Waals surface area contributed by atoms with Gasteiger partial charge in [0.05, 0.1) is 15.9 Å². The van der Waals surface area contributed by atoms with Crippen LogP contribution in [-0.2, 0) is 44.6 Å². The second-order valence-electron chi connectivity index (χ2n) is 18.7. The molecule has 3 atom stereocenters. The molecule has 2 aliphatic rings. The fourth-order valence-electron chi connectivity index (χ4n) is 9.67. The molecule has 2 heterocycles. The number of ether oxygens (including phenoxy) is 1. The minimum Gasteiger partial charge on any atom is -0.456 e. The van der Waals surface area contributed by atoms with Gasteiger partial charge in [0.25, 0.3) is 0 Å². The number of hydrogen-bond acceptors (Lipinski definition) is 9. The second kappa shape index (κ2) is 24.5. The molecule has 4 N–H and O–H groups in total. The van der Waals surface area contributed by atoms with Crippen LogP contribution in [0, 0.1) is 0 Å². The zero-order chi connectivity index (χ0) is 51.9. The lowest BCUT2D eigenvalue weighted by Crippen LogP contribution is -2.59. The SMILES string of the molecule is O=C1C[C@H](C=CCCSC(c2ccccc2)(c2ccccc2)c2ccccc2)OC(=O)CNC(=O)C2(CC2)NC(=O)[C@@H](CSC(c2ccccc2)(c2ccccc2)c2ccccc2)NC(=O)[C@@H](Cc2ccncc2)N1. The van der Waals surface area contributed by atoms with Gasteiger partial charge in [-0.1, -0.05) is 188 Å². The van der Waals surface area contributed by atoms with Gasteiger partial charge in [0.2, 0.25) is 23.6 Å². The molecule has 13 heteroatoms. The van der Waals surface area contributed by atoms with E-state index < -0.39 is 69.4 Å². The quantitative estimate of drug-likeness (QED) is 0.0321. The molecule has 0 unspecified atom stereocenters. The van der Waals surface area contributed by atoms with Gasteiger partial charge < -0.3 is 26.0 Å². The van der Waals surface area contributed by atoms with Gasteiger partial charge in [-0.2, -0.15) is 0 Å². The first-order chi connectivity index (χ1) is 36.7. The van der Waals surface area contributed by atoms with Crippen molar-refractivity contribution in [3.63, 3.8) is 0 Å². The van der Waals surface area contributed by atoms with Crippen molar-refractivity contribution in [2.45, 2.75) is 65.3 Å². The van der Waals surface area contributed by atoms with E-state index in [1.807, 2.05) is 115 Å². The van der Waals surface area contributed by atoms with Crippen molar-refractivity contribution in [1.82, 2.24) is 26.3 Å². The minimum absolute atomic E-state index is 0.0600. The van der Waals surface area contributed by atoms with Crippen molar-refractivity contribution in [3.05, 3.63) is 258 Å². The standard InChI is InChI=1S/C62H59N5O6S2/c68-55-42-52(33-19-20-40-74-61(46-21-7-1-8-22-46,47-23-9-2-10-24-47)48-25-11-3-12-26-48)73-56(69)43-64-59(72)60(36-37-60)67-58(71)54(66-57(70)53(65-55)41-45-34-38-63-39-35-45)44-75-62(49-27-13-4-14-28-49,50-29-15-5-16-30-50)51-31-17-6-18-32-51/h1-19,21-35,38-39,52-54H,20,36-37,40-44H2,(H,64,72)(H,65,68)(H,66,70)(H,67,71)/t52-,53+,54+/m0/s1. The summed E-state index contributed by atoms with van der Waals surface area (Å²) in [4.78, 5) is 75.5. The van der Waals surface area contributed by atoms with E-state index in [1.54, 1.807) is 42.4 Å². The van der Waals surface area contributed by atoms with Crippen LogP contribution >= 0.6 is 23.5 Å². The fraction of sp³-hybridized carbons (Fsp3) is 0.226. The number of pyridine rings is 1. The van der Waals surface area contributed by atoms with Crippen molar-refractivity contribution < 1.29 is 28.7 Å². The molecule has 6 aromatic carbocycles. The summed E-state index contributed by atoms with van der Waals surface area (Å²) < 4.78 is 4.51. The van der Waals surface area contributed by atoms with Gasteiger partial charge in [0.15, 0.2) is 0 Å². The molecule has 1 aliphatic heterocycles. The first-order valence-electron chi connectivity index (χ1n) is 25.2. The lowest BCUT2D eigenvalue weighted by molar-refractivity contribution is -0.148. The Labute approximate surface area is 446 Å². The summed E-state index contributed by atoms with van der Waals surface area (Å²) in [5.74, 6) is -2.32. The van der Waals surface area contributed by atoms with Crippen LogP contribution in [0.1, 0.15) is 64.6 Å². The normalized spacial score (nSPS) is 18.6. The predicted molar refractivity (Wildman–Crippen MR) is 297 cm³/mol. The molecule has 2 fully saturated rings. The number of esters is 1. The molecule has 1 saturated carbocycles. The van der Waals surface area contributed by atoms with E-state index in [0.717, 1.165) is 38.9 Å². The van der Waals surface area contributed by atoms with Gasteiger partial charge >= 0.3 is 5.97 Å². The van der Waals surface area contributed by atoms with Crippen molar-refractivity contribution in [2.75, 3.05) is 18.1 Å². The number of amides is 4. The summed E-state index contributed by atoms with van der Waals surface area (Å²) in [6.07, 6.45) is 6.75. The zero-order valence-electron chi connectivity index (χ0n) is 41.4. The van der Waals surface area contributed by atoms with Crippen LogP contribution < -0.4 is 21.3 Å². The number of hydrogen-bond donors (Lipinski definition) is 4. The second-order valence-corrected chi connectivity index (χ2v) is 21.2. The number of rotatable bonds is 16. The molecule has 380 valence electrons. The third-order valence-corrected chi connectivity index (χ3v) is 16.8. The van der Waals surface area contributed by atoms with Crippen molar-refractivity contribution in [2.24, 2.45) is 0 Å². The van der Waals surface area contributed by atoms with Crippen LogP contribution in [0.15, 0.2) is 219 Å². The van der Waals surface area contributed by atoms with E-state index in [0.29, 0.717) is 25.0 Å². The number of cyclic esters (lactones) is 1. The Morgan fingerprint density at radius 1 is 0.560 bits per heavy atom. The van der Waals surface area contributed by atoms with E-state index in [-0.39, 0.29) is 18.6 Å². The molecule has 1 aliphatic carbocycles. The predicted octanol–water partition coefficient (Wildman–Crippen LogP) is 9.07. The molecule has 7 aromatic rings. The lowest BCUT2D eigenvalue weighted by Gasteiger charge is -2.37. The molecule has 75 heavy (non-hydrogen) atoms. The van der Waals surface area contributed by atoms with Gasteiger partial charge in [0.1, 0.15) is 30.3 Å². The fourth-order valence-corrected chi connectivity index (χ4v) is 12.7. The highest BCUT2D eigenvalue weighted by atomic mass is 32.2. The number of allylic oxidation sites excluding steroid dienone is 1. The van der Waals surface area contributed by atoms with Gasteiger partial charge in [-0.05, 0) is 82.2 Å². The topological polar surface area (TPSA) is 156 Å². The average molecular weight is 1030 g/mol. The zero-order valence-corrected chi connectivity index (χ0v) is 43.0. The molecule has 9 rings (SSSR count). The van der Waals surface area contributed by atoms with E-state index in [9.17, 15) is 24.0 Å². The summed E-state index contributed by atoms with van der Waals surface area (Å²) in [5.41, 5.74) is 5.69. The maximum absolute atomic E-state index is 14.8. The molecule has 4 amide bonds. The van der Waals surface area contributed by atoms with Crippen molar-refractivity contribution in [3.8, 4) is 0 Å². The molecule has 0 bridgehead atoms. The molecule has 11 nitrogen and oxygen atoms in total. The van der Waals surface area contributed by atoms with E-state index >= 15 is 0 Å². The highest BCUT2D eigenvalue weighted by Crippen LogP contribution is 2.50. The lowest BCUT2D eigenvalue weighted by atomic mass is 9.84. The van der Waals surface area contributed by atoms with Gasteiger partial charge in [0, 0.05) is 24.6 Å². The van der Waals surface area contributed by atoms with E-state index in [2.05, 4.69) is 99.0 Å². The minimum atomic E-state index is -1.30. The first-order valence-corrected chi connectivity index (χ1v) is 27.2. The molecular formula is C62H59N5O6S2. The largest absolute Gasteiger partial charge is 0.456 e.